The molecule has 5 aromatic rings. The highest BCUT2D eigenvalue weighted by Crippen LogP contribution is 2.39. The number of carbonyl (C=O) groups excluding carboxylic acids is 2. The Bertz CT molecular complexity index is 1740. The number of nitrogens with zero attached hydrogens (tertiary/aromatic N) is 4. The van der Waals surface area contributed by atoms with Crippen molar-refractivity contribution in [2.45, 2.75) is 33.4 Å². The Morgan fingerprint density at radius 3 is 2.51 bits per heavy atom. The number of ether oxygens (including phenoxy) is 1. The van der Waals surface area contributed by atoms with Crippen molar-refractivity contribution in [2.24, 2.45) is 0 Å². The molecule has 0 saturated heterocycles. The summed E-state index contributed by atoms with van der Waals surface area (Å²) in [6.45, 7) is 6.33. The number of hydrogen-bond acceptors (Lipinski definition) is 4. The van der Waals surface area contributed by atoms with Gasteiger partial charge in [-0.05, 0) is 62.7 Å². The molecule has 1 unspecified atom stereocenters. The average Bonchev–Trinajstić information content (AvgIpc) is 3.54. The summed E-state index contributed by atoms with van der Waals surface area (Å²) < 4.78 is 9.32. The van der Waals surface area contributed by atoms with Crippen LogP contribution in [0.25, 0.3) is 11.5 Å². The average molecular weight is 546 g/mol. The lowest BCUT2D eigenvalue weighted by molar-refractivity contribution is 0.0527. The largest absolute Gasteiger partial charge is 0.462 e. The summed E-state index contributed by atoms with van der Waals surface area (Å²) in [5.41, 5.74) is 6.43. The molecule has 2 aromatic heterocycles. The number of aromatic nitrogens is 3. The van der Waals surface area contributed by atoms with Crippen LogP contribution in [0.3, 0.4) is 0 Å². The lowest BCUT2D eigenvalue weighted by Crippen LogP contribution is -2.38. The van der Waals surface area contributed by atoms with Crippen molar-refractivity contribution < 1.29 is 14.3 Å². The minimum atomic E-state index is -0.481. The first-order valence-electron chi connectivity index (χ1n) is 13.7. The summed E-state index contributed by atoms with van der Waals surface area (Å²) in [6.07, 6.45) is 2.02. The van der Waals surface area contributed by atoms with Gasteiger partial charge in [-0.2, -0.15) is 5.10 Å². The first-order valence-corrected chi connectivity index (χ1v) is 13.7. The van der Waals surface area contributed by atoms with Crippen LogP contribution in [0.1, 0.15) is 51.4 Å². The highest BCUT2D eigenvalue weighted by atomic mass is 16.5. The van der Waals surface area contributed by atoms with Gasteiger partial charge in [-0.25, -0.2) is 14.3 Å². The van der Waals surface area contributed by atoms with Crippen molar-refractivity contribution in [3.63, 3.8) is 0 Å². The van der Waals surface area contributed by atoms with E-state index in [-0.39, 0.29) is 12.6 Å². The Labute approximate surface area is 238 Å². The molecule has 3 heterocycles. The van der Waals surface area contributed by atoms with Gasteiger partial charge in [0.15, 0.2) is 0 Å². The number of para-hydroxylation sites is 2. The van der Waals surface area contributed by atoms with Gasteiger partial charge in [-0.15, -0.1) is 0 Å². The molecule has 0 aliphatic carbocycles. The van der Waals surface area contributed by atoms with E-state index in [0.717, 1.165) is 39.6 Å². The first-order chi connectivity index (χ1) is 20.0. The van der Waals surface area contributed by atoms with Crippen LogP contribution in [-0.4, -0.2) is 37.9 Å². The number of fused-ring (bicyclic) bond motifs is 3. The highest BCUT2D eigenvalue weighted by Gasteiger charge is 2.36. The van der Waals surface area contributed by atoms with Crippen molar-refractivity contribution in [3.8, 4) is 11.5 Å². The Morgan fingerprint density at radius 2 is 1.73 bits per heavy atom. The number of anilines is 1. The molecule has 1 aliphatic rings. The Morgan fingerprint density at radius 1 is 0.951 bits per heavy atom. The van der Waals surface area contributed by atoms with Crippen LogP contribution in [0.2, 0.25) is 0 Å². The monoisotopic (exact) mass is 545 g/mol. The van der Waals surface area contributed by atoms with Crippen LogP contribution >= 0.6 is 0 Å². The van der Waals surface area contributed by atoms with Crippen molar-refractivity contribution in [1.29, 1.82) is 0 Å². The van der Waals surface area contributed by atoms with Crippen LogP contribution in [0.4, 0.5) is 10.5 Å². The van der Waals surface area contributed by atoms with Crippen LogP contribution in [-0.2, 0) is 11.3 Å². The molecule has 8 heteroatoms. The van der Waals surface area contributed by atoms with Gasteiger partial charge < -0.3 is 19.5 Å². The number of aryl methyl sites for hydroxylation is 2. The van der Waals surface area contributed by atoms with E-state index in [9.17, 15) is 9.59 Å². The summed E-state index contributed by atoms with van der Waals surface area (Å²) in [5.74, 6) is 0.416. The normalized spacial score (nSPS) is 14.1. The van der Waals surface area contributed by atoms with E-state index in [0.29, 0.717) is 17.8 Å². The maximum atomic E-state index is 14.3. The van der Waals surface area contributed by atoms with Crippen molar-refractivity contribution >= 4 is 17.7 Å². The van der Waals surface area contributed by atoms with E-state index in [4.69, 9.17) is 9.84 Å². The second-order valence-electron chi connectivity index (χ2n) is 10.1. The molecule has 41 heavy (non-hydrogen) atoms. The van der Waals surface area contributed by atoms with Crippen LogP contribution < -0.4 is 5.32 Å². The Balaban J connectivity index is 1.51. The predicted molar refractivity (Wildman–Crippen MR) is 158 cm³/mol. The van der Waals surface area contributed by atoms with Gasteiger partial charge in [-0.3, -0.25) is 0 Å². The zero-order valence-corrected chi connectivity index (χ0v) is 23.2. The predicted octanol–water partition coefficient (Wildman–Crippen LogP) is 6.59. The number of rotatable bonds is 5. The molecule has 2 amide bonds. The van der Waals surface area contributed by atoms with E-state index < -0.39 is 12.0 Å². The smallest absolute Gasteiger partial charge is 0.340 e. The lowest BCUT2D eigenvalue weighted by Gasteiger charge is -2.31. The Hall–Kier alpha value is -5.11. The van der Waals surface area contributed by atoms with Crippen molar-refractivity contribution in [2.75, 3.05) is 11.9 Å². The minimum Gasteiger partial charge on any atom is -0.462 e. The van der Waals surface area contributed by atoms with E-state index >= 15 is 0 Å². The number of urea groups is 1. The van der Waals surface area contributed by atoms with Gasteiger partial charge in [0, 0.05) is 11.8 Å². The standard InChI is InChI=1S/C33H31N5O3/c1-4-41-32(39)26-16-8-9-17-28(26)34-33(40)37-21-27-23(3)35-38(25-14-6-5-7-15-25)31(27)36-19-11-18-29(36)30(37)24-13-10-12-22(2)20-24/h5-20,30H,4,21H2,1-3H3,(H,34,40). The van der Waals surface area contributed by atoms with Crippen molar-refractivity contribution in [3.05, 3.63) is 131 Å². The summed E-state index contributed by atoms with van der Waals surface area (Å²) in [6, 6.07) is 28.4. The van der Waals surface area contributed by atoms with Crippen LogP contribution in [0.15, 0.2) is 97.2 Å². The number of benzene rings is 3. The SMILES string of the molecule is CCOC(=O)c1ccccc1NC(=O)N1Cc2c(C)nn(-c3ccccc3)c2-n2cccc2C1c1cccc(C)c1. The fourth-order valence-electron chi connectivity index (χ4n) is 5.51. The molecule has 0 saturated carbocycles. The molecule has 3 aromatic carbocycles. The number of carbonyl (C=O) groups is 2. The molecule has 0 bridgehead atoms. The maximum Gasteiger partial charge on any atom is 0.340 e. The third-order valence-corrected chi connectivity index (χ3v) is 7.37. The van der Waals surface area contributed by atoms with Gasteiger partial charge in [0.05, 0.1) is 47.5 Å². The zero-order chi connectivity index (χ0) is 28.5. The van der Waals surface area contributed by atoms with E-state index in [2.05, 4.69) is 16.0 Å². The lowest BCUT2D eigenvalue weighted by atomic mass is 10.00. The van der Waals surface area contributed by atoms with Gasteiger partial charge in [-0.1, -0.05) is 60.2 Å². The van der Waals surface area contributed by atoms with Gasteiger partial charge in [0.1, 0.15) is 5.82 Å². The summed E-state index contributed by atoms with van der Waals surface area (Å²) in [7, 11) is 0. The fraction of sp³-hybridized carbons (Fsp3) is 0.182. The topological polar surface area (TPSA) is 81.4 Å². The van der Waals surface area contributed by atoms with E-state index in [1.807, 2.05) is 90.3 Å². The van der Waals surface area contributed by atoms with Gasteiger partial charge in [0.2, 0.25) is 0 Å². The fourth-order valence-corrected chi connectivity index (χ4v) is 5.51. The van der Waals surface area contributed by atoms with E-state index in [1.54, 1.807) is 31.2 Å². The molecule has 0 radical (unpaired) electrons. The van der Waals surface area contributed by atoms with Crippen LogP contribution in [0, 0.1) is 13.8 Å². The second kappa shape index (κ2) is 10.8. The first kappa shape index (κ1) is 26.1. The molecule has 1 N–H and O–H groups in total. The summed E-state index contributed by atoms with van der Waals surface area (Å²) >= 11 is 0. The molecular weight excluding hydrogens is 514 g/mol. The molecule has 0 spiro atoms. The number of esters is 1. The quantitative estimate of drug-likeness (QED) is 0.253. The number of amides is 2. The Kier molecular flexibility index (Phi) is 6.89. The van der Waals surface area contributed by atoms with E-state index in [1.165, 1.54) is 0 Å². The third kappa shape index (κ3) is 4.78. The molecule has 206 valence electrons. The molecule has 8 nitrogen and oxygen atoms in total. The maximum absolute atomic E-state index is 14.3. The molecule has 1 aliphatic heterocycles. The highest BCUT2D eigenvalue weighted by molar-refractivity contribution is 6.01. The molecule has 1 atom stereocenters. The summed E-state index contributed by atoms with van der Waals surface area (Å²) in [5, 5.41) is 7.93. The second-order valence-corrected chi connectivity index (χ2v) is 10.1. The minimum absolute atomic E-state index is 0.243. The van der Waals surface area contributed by atoms with Crippen LogP contribution in [0.5, 0.6) is 0 Å². The van der Waals surface area contributed by atoms with Gasteiger partial charge >= 0.3 is 12.0 Å². The molecule has 0 fully saturated rings. The number of nitrogens with one attached hydrogen (secondary N) is 1. The zero-order valence-electron chi connectivity index (χ0n) is 23.2. The van der Waals surface area contributed by atoms with Gasteiger partial charge in [0.25, 0.3) is 0 Å². The molecule has 6 rings (SSSR count). The number of hydrogen-bond donors (Lipinski definition) is 1. The third-order valence-electron chi connectivity index (χ3n) is 7.37. The van der Waals surface area contributed by atoms with Crippen molar-refractivity contribution in [1.82, 2.24) is 19.2 Å². The summed E-state index contributed by atoms with van der Waals surface area (Å²) in [4.78, 5) is 28.8. The molecular formula is C33H31N5O3.